The molecule has 3 aromatic rings. The molecule has 4 rings (SSSR count). The van der Waals surface area contributed by atoms with Crippen molar-refractivity contribution < 1.29 is 31.8 Å². The van der Waals surface area contributed by atoms with Gasteiger partial charge in [-0.3, -0.25) is 9.36 Å². The topological polar surface area (TPSA) is 129 Å². The van der Waals surface area contributed by atoms with E-state index in [1.807, 2.05) is 6.92 Å². The van der Waals surface area contributed by atoms with Crippen molar-refractivity contribution in [1.29, 1.82) is 0 Å². The van der Waals surface area contributed by atoms with Gasteiger partial charge < -0.3 is 23.5 Å². The number of nitrogens with zero attached hydrogens (tertiary/aromatic N) is 5. The SMILES string of the molecule is COC[C@H]1CCCC(=O)N1C[C@H](C)S(=O)(=O)N(CC[Si](C)(C)C)c1nnc(-c2ccc(C)o2)n1-c1c(OC)cccc1OC. The molecule has 0 bridgehead atoms. The summed E-state index contributed by atoms with van der Waals surface area (Å²) in [6.07, 6.45) is 1.91. The van der Waals surface area contributed by atoms with E-state index < -0.39 is 23.3 Å². The number of carbonyl (C=O) groups excluding carboxylic acids is 1. The zero-order valence-corrected chi connectivity index (χ0v) is 28.8. The lowest BCUT2D eigenvalue weighted by Crippen LogP contribution is -2.52. The highest BCUT2D eigenvalue weighted by molar-refractivity contribution is 7.93. The standard InChI is InChI=1S/C30H45N5O7SSi/c1-21-15-16-26(42-21)29-31-32-30(35(29)28-24(40-4)12-10-13-25(28)41-5)34(17-18-44(6,7)8)43(37,38)22(2)19-33-23(20-39-3)11-9-14-27(33)36/h10,12-13,15-16,22-23H,9,11,14,17-20H2,1-8H3/t22-,23+/m0/s1. The van der Waals surface area contributed by atoms with Gasteiger partial charge in [0.2, 0.25) is 27.7 Å². The molecule has 1 saturated heterocycles. The van der Waals surface area contributed by atoms with E-state index in [4.69, 9.17) is 18.6 Å². The Kier molecular flexibility index (Phi) is 10.5. The van der Waals surface area contributed by atoms with Crippen molar-refractivity contribution >= 4 is 30.0 Å². The first-order chi connectivity index (χ1) is 20.8. The molecule has 0 aliphatic carbocycles. The van der Waals surface area contributed by atoms with Crippen LogP contribution in [0.5, 0.6) is 11.5 Å². The molecule has 14 heteroatoms. The van der Waals surface area contributed by atoms with Gasteiger partial charge in [-0.2, -0.15) is 0 Å². The van der Waals surface area contributed by atoms with Crippen molar-refractivity contribution in [2.24, 2.45) is 0 Å². The number of para-hydroxylation sites is 1. The van der Waals surface area contributed by atoms with Crippen LogP contribution in [0.1, 0.15) is 31.9 Å². The van der Waals surface area contributed by atoms with Crippen molar-refractivity contribution in [1.82, 2.24) is 19.7 Å². The number of carbonyl (C=O) groups is 1. The number of benzene rings is 1. The molecule has 0 radical (unpaired) electrons. The summed E-state index contributed by atoms with van der Waals surface area (Å²) < 4.78 is 55.0. The van der Waals surface area contributed by atoms with Crippen molar-refractivity contribution in [2.45, 2.75) is 70.1 Å². The minimum absolute atomic E-state index is 0.0367. The molecular formula is C30H45N5O7SSi. The van der Waals surface area contributed by atoms with E-state index in [0.717, 1.165) is 12.8 Å². The van der Waals surface area contributed by atoms with Crippen molar-refractivity contribution in [3.8, 4) is 28.8 Å². The van der Waals surface area contributed by atoms with Gasteiger partial charge in [-0.1, -0.05) is 25.7 Å². The van der Waals surface area contributed by atoms with Crippen molar-refractivity contribution in [2.75, 3.05) is 45.3 Å². The van der Waals surface area contributed by atoms with Gasteiger partial charge in [-0.25, -0.2) is 12.7 Å². The first kappa shape index (κ1) is 33.5. The number of amides is 1. The summed E-state index contributed by atoms with van der Waals surface area (Å²) in [5.74, 6) is 2.26. The summed E-state index contributed by atoms with van der Waals surface area (Å²) in [5, 5.41) is 8.01. The molecule has 242 valence electrons. The third kappa shape index (κ3) is 7.13. The van der Waals surface area contributed by atoms with E-state index in [1.165, 1.54) is 18.5 Å². The predicted molar refractivity (Wildman–Crippen MR) is 172 cm³/mol. The molecule has 3 heterocycles. The number of rotatable bonds is 14. The van der Waals surface area contributed by atoms with Gasteiger partial charge in [0.25, 0.3) is 0 Å². The average molecular weight is 648 g/mol. The average Bonchev–Trinajstić information content (AvgIpc) is 3.59. The van der Waals surface area contributed by atoms with Gasteiger partial charge in [0.05, 0.1) is 32.1 Å². The number of likely N-dealkylation sites (tertiary alicyclic amines) is 1. The molecule has 0 unspecified atom stereocenters. The van der Waals surface area contributed by atoms with Crippen LogP contribution in [0, 0.1) is 6.92 Å². The Labute approximate surface area is 261 Å². The van der Waals surface area contributed by atoms with Crippen LogP contribution < -0.4 is 13.8 Å². The van der Waals surface area contributed by atoms with Crippen LogP contribution in [0.2, 0.25) is 25.7 Å². The Morgan fingerprint density at radius 2 is 1.77 bits per heavy atom. The summed E-state index contributed by atoms with van der Waals surface area (Å²) >= 11 is 0. The van der Waals surface area contributed by atoms with Crippen LogP contribution >= 0.6 is 0 Å². The lowest BCUT2D eigenvalue weighted by Gasteiger charge is -2.38. The Balaban J connectivity index is 1.90. The van der Waals surface area contributed by atoms with Crippen molar-refractivity contribution in [3.05, 3.63) is 36.1 Å². The zero-order chi connectivity index (χ0) is 32.2. The molecule has 12 nitrogen and oxygen atoms in total. The molecule has 2 aromatic heterocycles. The summed E-state index contributed by atoms with van der Waals surface area (Å²) in [6, 6.07) is 9.38. The normalized spacial score (nSPS) is 16.7. The van der Waals surface area contributed by atoms with Crippen LogP contribution in [0.4, 0.5) is 5.95 Å². The smallest absolute Gasteiger partial charge is 0.246 e. The van der Waals surface area contributed by atoms with E-state index in [-0.39, 0.29) is 31.0 Å². The number of anilines is 1. The highest BCUT2D eigenvalue weighted by atomic mass is 32.2. The molecule has 1 aliphatic rings. The number of ether oxygens (including phenoxy) is 3. The van der Waals surface area contributed by atoms with Crippen LogP contribution in [-0.2, 0) is 19.6 Å². The molecule has 1 aromatic carbocycles. The summed E-state index contributed by atoms with van der Waals surface area (Å²) in [4.78, 5) is 14.6. The second-order valence-electron chi connectivity index (χ2n) is 12.4. The van der Waals surface area contributed by atoms with E-state index in [9.17, 15) is 13.2 Å². The van der Waals surface area contributed by atoms with Crippen LogP contribution in [-0.4, -0.2) is 94.4 Å². The van der Waals surface area contributed by atoms with Crippen LogP contribution in [0.25, 0.3) is 17.3 Å². The summed E-state index contributed by atoms with van der Waals surface area (Å²) in [6.45, 7) is 10.6. The number of methoxy groups -OCH3 is 3. The first-order valence-electron chi connectivity index (χ1n) is 14.9. The fourth-order valence-corrected chi connectivity index (χ4v) is 7.92. The Hall–Kier alpha value is -3.36. The molecule has 0 N–H and O–H groups in total. The molecule has 1 amide bonds. The molecule has 2 atom stereocenters. The third-order valence-corrected chi connectivity index (χ3v) is 11.7. The quantitative estimate of drug-likeness (QED) is 0.228. The van der Waals surface area contributed by atoms with Gasteiger partial charge in [0.1, 0.15) is 22.9 Å². The van der Waals surface area contributed by atoms with E-state index >= 15 is 0 Å². The number of sulfonamides is 1. The summed E-state index contributed by atoms with van der Waals surface area (Å²) in [5.41, 5.74) is 0.439. The molecule has 0 saturated carbocycles. The second kappa shape index (κ2) is 13.7. The third-order valence-electron chi connectivity index (χ3n) is 7.84. The lowest BCUT2D eigenvalue weighted by atomic mass is 10.0. The molecule has 0 spiro atoms. The number of aryl methyl sites for hydroxylation is 1. The maximum Gasteiger partial charge on any atom is 0.246 e. The summed E-state index contributed by atoms with van der Waals surface area (Å²) in [7, 11) is -1.17. The van der Waals surface area contributed by atoms with Crippen molar-refractivity contribution in [3.63, 3.8) is 0 Å². The van der Waals surface area contributed by atoms with E-state index in [1.54, 1.807) is 53.8 Å². The Morgan fingerprint density at radius 1 is 1.09 bits per heavy atom. The van der Waals surface area contributed by atoms with Gasteiger partial charge in [0.15, 0.2) is 5.76 Å². The van der Waals surface area contributed by atoms with Gasteiger partial charge in [-0.15, -0.1) is 10.2 Å². The largest absolute Gasteiger partial charge is 0.494 e. The molecule has 1 aliphatic heterocycles. The minimum atomic E-state index is -4.09. The number of piperidine rings is 1. The van der Waals surface area contributed by atoms with Gasteiger partial charge in [-0.05, 0) is 57.0 Å². The number of hydrogen-bond acceptors (Lipinski definition) is 9. The fourth-order valence-electron chi connectivity index (χ4n) is 5.38. The Bertz CT molecular complexity index is 1520. The number of aromatic nitrogens is 3. The van der Waals surface area contributed by atoms with Gasteiger partial charge in [0, 0.05) is 34.7 Å². The van der Waals surface area contributed by atoms with Crippen LogP contribution in [0.3, 0.4) is 0 Å². The van der Waals surface area contributed by atoms with Gasteiger partial charge >= 0.3 is 0 Å². The highest BCUT2D eigenvalue weighted by Crippen LogP contribution is 2.40. The predicted octanol–water partition coefficient (Wildman–Crippen LogP) is 4.74. The molecule has 44 heavy (non-hydrogen) atoms. The second-order valence-corrected chi connectivity index (χ2v) is 20.3. The first-order valence-corrected chi connectivity index (χ1v) is 20.1. The lowest BCUT2D eigenvalue weighted by molar-refractivity contribution is -0.137. The molecular weight excluding hydrogens is 603 g/mol. The van der Waals surface area contributed by atoms with Crippen LogP contribution in [0.15, 0.2) is 34.7 Å². The fraction of sp³-hybridized carbons (Fsp3) is 0.567. The number of hydrogen-bond donors (Lipinski definition) is 0. The molecule has 1 fully saturated rings. The zero-order valence-electron chi connectivity index (χ0n) is 27.0. The maximum absolute atomic E-state index is 14.6. The highest BCUT2D eigenvalue weighted by Gasteiger charge is 2.39. The minimum Gasteiger partial charge on any atom is -0.494 e. The monoisotopic (exact) mass is 647 g/mol. The van der Waals surface area contributed by atoms with E-state index in [0.29, 0.717) is 53.6 Å². The Morgan fingerprint density at radius 3 is 2.34 bits per heavy atom. The van der Waals surface area contributed by atoms with E-state index in [2.05, 4.69) is 29.8 Å². The number of furan rings is 1. The maximum atomic E-state index is 14.6.